The maximum absolute atomic E-state index is 8.92. The maximum atomic E-state index is 8.92. The van der Waals surface area contributed by atoms with Crippen LogP contribution in [-0.4, -0.2) is 20.6 Å². The molecule has 1 aromatic heterocycles. The molecule has 5 nitrogen and oxygen atoms in total. The van der Waals surface area contributed by atoms with Gasteiger partial charge in [0.05, 0.1) is 16.7 Å². The van der Waals surface area contributed by atoms with Crippen molar-refractivity contribution in [2.24, 2.45) is 10.9 Å². The molecule has 0 atom stereocenters. The molecule has 3 N–H and O–H groups in total. The van der Waals surface area contributed by atoms with Crippen LogP contribution in [0.4, 0.5) is 0 Å². The van der Waals surface area contributed by atoms with Gasteiger partial charge in [-0.15, -0.1) is 0 Å². The summed E-state index contributed by atoms with van der Waals surface area (Å²) in [5.41, 5.74) is 9.02. The molecule has 3 rings (SSSR count). The standard InChI is InChI=1S/C14H11BrN4O/c15-9-5-6-10(14(16)18-20)13(7-9)19-8-17-11-3-1-2-4-12(11)19/h1-8,20H,(H2,16,18). The van der Waals surface area contributed by atoms with Gasteiger partial charge in [-0.2, -0.15) is 0 Å². The third-order valence-electron chi connectivity index (χ3n) is 3.06. The first-order valence-electron chi connectivity index (χ1n) is 5.90. The SMILES string of the molecule is N/C(=N/O)c1ccc(Br)cc1-n1cnc2ccccc21. The lowest BCUT2D eigenvalue weighted by molar-refractivity contribution is 0.318. The molecular formula is C14H11BrN4O. The Balaban J connectivity index is 2.31. The van der Waals surface area contributed by atoms with Crippen molar-refractivity contribution in [2.45, 2.75) is 0 Å². The largest absolute Gasteiger partial charge is 0.409 e. The van der Waals surface area contributed by atoms with Gasteiger partial charge in [-0.1, -0.05) is 33.2 Å². The molecule has 0 aliphatic heterocycles. The highest BCUT2D eigenvalue weighted by Gasteiger charge is 2.12. The highest BCUT2D eigenvalue weighted by atomic mass is 79.9. The molecule has 0 amide bonds. The van der Waals surface area contributed by atoms with Crippen LogP contribution in [0.1, 0.15) is 5.56 Å². The molecule has 0 bridgehead atoms. The summed E-state index contributed by atoms with van der Waals surface area (Å²) < 4.78 is 2.81. The van der Waals surface area contributed by atoms with Crippen molar-refractivity contribution in [3.05, 3.63) is 58.8 Å². The first-order chi connectivity index (χ1) is 9.70. The zero-order valence-electron chi connectivity index (χ0n) is 10.4. The first kappa shape index (κ1) is 12.7. The van der Waals surface area contributed by atoms with E-state index in [0.717, 1.165) is 21.2 Å². The van der Waals surface area contributed by atoms with Crippen molar-refractivity contribution < 1.29 is 5.21 Å². The van der Waals surface area contributed by atoms with E-state index in [2.05, 4.69) is 26.1 Å². The summed E-state index contributed by atoms with van der Waals surface area (Å²) in [5.74, 6) is 0.0604. The lowest BCUT2D eigenvalue weighted by Crippen LogP contribution is -2.16. The molecule has 0 aliphatic carbocycles. The Hall–Kier alpha value is -2.34. The van der Waals surface area contributed by atoms with Gasteiger partial charge in [0, 0.05) is 10.0 Å². The first-order valence-corrected chi connectivity index (χ1v) is 6.70. The van der Waals surface area contributed by atoms with Gasteiger partial charge in [0.1, 0.15) is 6.33 Å². The minimum atomic E-state index is 0.0604. The molecule has 0 fully saturated rings. The van der Waals surface area contributed by atoms with Gasteiger partial charge in [-0.3, -0.25) is 4.57 Å². The van der Waals surface area contributed by atoms with Gasteiger partial charge in [0.2, 0.25) is 0 Å². The lowest BCUT2D eigenvalue weighted by atomic mass is 10.1. The van der Waals surface area contributed by atoms with Crippen LogP contribution in [0.2, 0.25) is 0 Å². The number of nitrogens with two attached hydrogens (primary N) is 1. The van der Waals surface area contributed by atoms with E-state index in [0.29, 0.717) is 5.56 Å². The number of imidazole rings is 1. The fraction of sp³-hybridized carbons (Fsp3) is 0. The fourth-order valence-electron chi connectivity index (χ4n) is 2.13. The second kappa shape index (κ2) is 4.97. The van der Waals surface area contributed by atoms with Crippen molar-refractivity contribution in [1.29, 1.82) is 0 Å². The minimum Gasteiger partial charge on any atom is -0.409 e. The van der Waals surface area contributed by atoms with E-state index in [1.54, 1.807) is 12.4 Å². The monoisotopic (exact) mass is 330 g/mol. The Morgan fingerprint density at radius 1 is 1.25 bits per heavy atom. The van der Waals surface area contributed by atoms with E-state index in [1.807, 2.05) is 41.0 Å². The zero-order chi connectivity index (χ0) is 14.1. The molecule has 1 heterocycles. The van der Waals surface area contributed by atoms with E-state index >= 15 is 0 Å². The number of hydrogen-bond donors (Lipinski definition) is 2. The van der Waals surface area contributed by atoms with Crippen LogP contribution < -0.4 is 5.73 Å². The van der Waals surface area contributed by atoms with E-state index in [1.165, 1.54) is 0 Å². The predicted molar refractivity (Wildman–Crippen MR) is 81.3 cm³/mol. The quantitative estimate of drug-likeness (QED) is 0.328. The van der Waals surface area contributed by atoms with Crippen LogP contribution in [0, 0.1) is 0 Å². The minimum absolute atomic E-state index is 0.0604. The fourth-order valence-corrected chi connectivity index (χ4v) is 2.47. The molecule has 20 heavy (non-hydrogen) atoms. The van der Waals surface area contributed by atoms with Gasteiger partial charge in [0.15, 0.2) is 5.84 Å². The second-order valence-electron chi connectivity index (χ2n) is 4.25. The van der Waals surface area contributed by atoms with Crippen molar-refractivity contribution in [2.75, 3.05) is 0 Å². The average Bonchev–Trinajstić information content (AvgIpc) is 2.90. The molecule has 0 saturated heterocycles. The Morgan fingerprint density at radius 2 is 2.05 bits per heavy atom. The van der Waals surface area contributed by atoms with Gasteiger partial charge >= 0.3 is 0 Å². The lowest BCUT2D eigenvalue weighted by Gasteiger charge is -2.11. The molecule has 0 radical (unpaired) electrons. The highest BCUT2D eigenvalue weighted by Crippen LogP contribution is 2.24. The van der Waals surface area contributed by atoms with E-state index in [4.69, 9.17) is 10.9 Å². The summed E-state index contributed by atoms with van der Waals surface area (Å²) in [6.45, 7) is 0. The van der Waals surface area contributed by atoms with Crippen LogP contribution in [-0.2, 0) is 0 Å². The molecular weight excluding hydrogens is 320 g/mol. The molecule has 6 heteroatoms. The molecule has 0 saturated carbocycles. The summed E-state index contributed by atoms with van der Waals surface area (Å²) in [5, 5.41) is 12.0. The Morgan fingerprint density at radius 3 is 2.85 bits per heavy atom. The van der Waals surface area contributed by atoms with Gasteiger partial charge in [-0.25, -0.2) is 4.98 Å². The van der Waals surface area contributed by atoms with Crippen LogP contribution in [0.3, 0.4) is 0 Å². The number of aromatic nitrogens is 2. The summed E-state index contributed by atoms with van der Waals surface area (Å²) in [6, 6.07) is 13.3. The van der Waals surface area contributed by atoms with Crippen molar-refractivity contribution in [3.63, 3.8) is 0 Å². The number of benzene rings is 2. The van der Waals surface area contributed by atoms with Gasteiger partial charge in [-0.05, 0) is 30.3 Å². The van der Waals surface area contributed by atoms with Crippen LogP contribution >= 0.6 is 15.9 Å². The van der Waals surface area contributed by atoms with Gasteiger partial charge < -0.3 is 10.9 Å². The van der Waals surface area contributed by atoms with Crippen LogP contribution in [0.25, 0.3) is 16.7 Å². The van der Waals surface area contributed by atoms with Crippen molar-refractivity contribution in [3.8, 4) is 5.69 Å². The highest BCUT2D eigenvalue weighted by molar-refractivity contribution is 9.10. The smallest absolute Gasteiger partial charge is 0.172 e. The van der Waals surface area contributed by atoms with Crippen molar-refractivity contribution >= 4 is 32.8 Å². The number of rotatable bonds is 2. The summed E-state index contributed by atoms with van der Waals surface area (Å²) in [7, 11) is 0. The molecule has 2 aromatic carbocycles. The Labute approximate surface area is 123 Å². The topological polar surface area (TPSA) is 76.4 Å². The number of nitrogens with zero attached hydrogens (tertiary/aromatic N) is 3. The number of hydrogen-bond acceptors (Lipinski definition) is 3. The zero-order valence-corrected chi connectivity index (χ0v) is 11.9. The number of oxime groups is 1. The number of halogens is 1. The predicted octanol–water partition coefficient (Wildman–Crippen LogP) is 2.88. The second-order valence-corrected chi connectivity index (χ2v) is 5.17. The summed E-state index contributed by atoms with van der Waals surface area (Å²) >= 11 is 3.44. The van der Waals surface area contributed by atoms with E-state index in [9.17, 15) is 0 Å². The van der Waals surface area contributed by atoms with Crippen LogP contribution in [0.15, 0.2) is 58.4 Å². The Kier molecular flexibility index (Phi) is 3.15. The molecule has 0 aliphatic rings. The van der Waals surface area contributed by atoms with Crippen LogP contribution in [0.5, 0.6) is 0 Å². The van der Waals surface area contributed by atoms with Gasteiger partial charge in [0.25, 0.3) is 0 Å². The number of amidine groups is 1. The molecule has 3 aromatic rings. The third kappa shape index (κ3) is 2.04. The third-order valence-corrected chi connectivity index (χ3v) is 3.55. The molecule has 0 unspecified atom stereocenters. The maximum Gasteiger partial charge on any atom is 0.172 e. The average molecular weight is 331 g/mol. The number of fused-ring (bicyclic) bond motifs is 1. The number of para-hydroxylation sites is 2. The van der Waals surface area contributed by atoms with E-state index in [-0.39, 0.29) is 5.84 Å². The van der Waals surface area contributed by atoms with E-state index < -0.39 is 0 Å². The Bertz CT molecular complexity index is 810. The molecule has 100 valence electrons. The summed E-state index contributed by atoms with van der Waals surface area (Å²) in [4.78, 5) is 4.36. The normalized spacial score (nSPS) is 11.9. The summed E-state index contributed by atoms with van der Waals surface area (Å²) in [6.07, 6.45) is 1.72. The molecule has 0 spiro atoms. The van der Waals surface area contributed by atoms with Crippen molar-refractivity contribution in [1.82, 2.24) is 9.55 Å².